The predicted octanol–water partition coefficient (Wildman–Crippen LogP) is 2.18. The highest BCUT2D eigenvalue weighted by molar-refractivity contribution is 14.1. The summed E-state index contributed by atoms with van der Waals surface area (Å²) < 4.78 is 2.42. The maximum atomic E-state index is 11.8. The van der Waals surface area contributed by atoms with Gasteiger partial charge in [0.1, 0.15) is 6.33 Å². The van der Waals surface area contributed by atoms with Gasteiger partial charge in [0.25, 0.3) is 5.91 Å². The Bertz CT molecular complexity index is 451. The fourth-order valence-electron chi connectivity index (χ4n) is 1.15. The van der Waals surface area contributed by atoms with Gasteiger partial charge in [-0.05, 0) is 34.7 Å². The van der Waals surface area contributed by atoms with Crippen LogP contribution in [-0.2, 0) is 0 Å². The molecule has 0 spiro atoms. The Labute approximate surface area is 94.9 Å². The van der Waals surface area contributed by atoms with Gasteiger partial charge in [0, 0.05) is 16.0 Å². The summed E-state index contributed by atoms with van der Waals surface area (Å²) in [6, 6.07) is 7.48. The molecule has 0 N–H and O–H groups in total. The third-order valence-corrected chi connectivity index (χ3v) is 2.78. The largest absolute Gasteiger partial charge is 0.272 e. The zero-order valence-corrected chi connectivity index (χ0v) is 9.38. The Morgan fingerprint density at radius 2 is 2.14 bits per heavy atom. The van der Waals surface area contributed by atoms with E-state index < -0.39 is 0 Å². The number of hydrogen-bond donors (Lipinski definition) is 0. The molecule has 0 unspecified atom stereocenters. The van der Waals surface area contributed by atoms with Gasteiger partial charge in [0.05, 0.1) is 5.56 Å². The topological polar surface area (TPSA) is 34.9 Å². The highest BCUT2D eigenvalue weighted by atomic mass is 127. The van der Waals surface area contributed by atoms with Gasteiger partial charge in [-0.25, -0.2) is 4.98 Å². The van der Waals surface area contributed by atoms with E-state index in [1.165, 1.54) is 10.9 Å². The molecule has 0 radical (unpaired) electrons. The fourth-order valence-corrected chi connectivity index (χ4v) is 1.77. The van der Waals surface area contributed by atoms with Gasteiger partial charge in [0.15, 0.2) is 0 Å². The summed E-state index contributed by atoms with van der Waals surface area (Å²) in [5.41, 5.74) is 0.700. The molecule has 1 aromatic heterocycles. The highest BCUT2D eigenvalue weighted by Gasteiger charge is 2.09. The summed E-state index contributed by atoms with van der Waals surface area (Å²) >= 11 is 2.15. The van der Waals surface area contributed by atoms with Crippen molar-refractivity contribution < 1.29 is 4.79 Å². The molecule has 3 nitrogen and oxygen atoms in total. The van der Waals surface area contributed by atoms with E-state index in [2.05, 4.69) is 27.6 Å². The maximum Gasteiger partial charge on any atom is 0.264 e. The molecule has 0 amide bonds. The SMILES string of the molecule is O=C(c1ccccc1I)n1ccnc1. The first-order valence-corrected chi connectivity index (χ1v) is 5.14. The van der Waals surface area contributed by atoms with E-state index in [0.29, 0.717) is 5.56 Å². The monoisotopic (exact) mass is 298 g/mol. The molecule has 2 aromatic rings. The molecule has 0 fully saturated rings. The average molecular weight is 298 g/mol. The van der Waals surface area contributed by atoms with E-state index >= 15 is 0 Å². The van der Waals surface area contributed by atoms with Crippen molar-refractivity contribution in [2.75, 3.05) is 0 Å². The lowest BCUT2D eigenvalue weighted by Gasteiger charge is -2.02. The van der Waals surface area contributed by atoms with E-state index in [-0.39, 0.29) is 5.91 Å². The molecule has 0 bridgehead atoms. The zero-order chi connectivity index (χ0) is 9.97. The van der Waals surface area contributed by atoms with Crippen molar-refractivity contribution in [2.45, 2.75) is 0 Å². The molecule has 70 valence electrons. The minimum absolute atomic E-state index is 0.0486. The van der Waals surface area contributed by atoms with Gasteiger partial charge in [-0.3, -0.25) is 9.36 Å². The van der Waals surface area contributed by atoms with Crippen LogP contribution in [0.5, 0.6) is 0 Å². The molecule has 2 rings (SSSR count). The zero-order valence-electron chi connectivity index (χ0n) is 7.22. The average Bonchev–Trinajstić information content (AvgIpc) is 2.70. The first kappa shape index (κ1) is 9.39. The van der Waals surface area contributed by atoms with Crippen molar-refractivity contribution in [1.82, 2.24) is 9.55 Å². The van der Waals surface area contributed by atoms with Crippen molar-refractivity contribution in [3.8, 4) is 0 Å². The van der Waals surface area contributed by atoms with Crippen LogP contribution >= 0.6 is 22.6 Å². The molecule has 0 saturated carbocycles. The van der Waals surface area contributed by atoms with Crippen LogP contribution in [0.1, 0.15) is 10.4 Å². The molecule has 0 aliphatic rings. The summed E-state index contributed by atoms with van der Waals surface area (Å²) in [5, 5.41) is 0. The van der Waals surface area contributed by atoms with Gasteiger partial charge in [-0.2, -0.15) is 0 Å². The molecule has 0 aliphatic heterocycles. The number of hydrogen-bond acceptors (Lipinski definition) is 2. The normalized spacial score (nSPS) is 10.1. The molecule has 1 aromatic carbocycles. The number of carbonyl (C=O) groups excluding carboxylic acids is 1. The molecule has 14 heavy (non-hydrogen) atoms. The molecule has 1 heterocycles. The van der Waals surface area contributed by atoms with Crippen LogP contribution in [0.25, 0.3) is 0 Å². The summed E-state index contributed by atoms with van der Waals surface area (Å²) in [6.07, 6.45) is 4.74. The minimum Gasteiger partial charge on any atom is -0.272 e. The Morgan fingerprint density at radius 1 is 1.36 bits per heavy atom. The summed E-state index contributed by atoms with van der Waals surface area (Å²) in [4.78, 5) is 15.7. The van der Waals surface area contributed by atoms with Crippen LogP contribution in [0.2, 0.25) is 0 Å². The molecular weight excluding hydrogens is 291 g/mol. The summed E-state index contributed by atoms with van der Waals surface area (Å²) in [7, 11) is 0. The number of rotatable bonds is 1. The minimum atomic E-state index is -0.0486. The van der Waals surface area contributed by atoms with Crippen LogP contribution < -0.4 is 0 Å². The second kappa shape index (κ2) is 3.91. The van der Waals surface area contributed by atoms with E-state index in [9.17, 15) is 4.79 Å². The van der Waals surface area contributed by atoms with Crippen molar-refractivity contribution in [2.24, 2.45) is 0 Å². The second-order valence-electron chi connectivity index (χ2n) is 2.75. The van der Waals surface area contributed by atoms with Crippen molar-refractivity contribution >= 4 is 28.5 Å². The Morgan fingerprint density at radius 3 is 2.79 bits per heavy atom. The highest BCUT2D eigenvalue weighted by Crippen LogP contribution is 2.12. The molecule has 0 atom stereocenters. The Balaban J connectivity index is 2.42. The second-order valence-corrected chi connectivity index (χ2v) is 3.92. The first-order chi connectivity index (χ1) is 6.79. The molecule has 4 heteroatoms. The lowest BCUT2D eigenvalue weighted by Crippen LogP contribution is -2.11. The van der Waals surface area contributed by atoms with Gasteiger partial charge in [-0.15, -0.1) is 0 Å². The van der Waals surface area contributed by atoms with Crippen molar-refractivity contribution in [3.63, 3.8) is 0 Å². The fraction of sp³-hybridized carbons (Fsp3) is 0. The molecule has 0 aliphatic carbocycles. The summed E-state index contributed by atoms with van der Waals surface area (Å²) in [5.74, 6) is -0.0486. The quantitative estimate of drug-likeness (QED) is 0.756. The first-order valence-electron chi connectivity index (χ1n) is 4.06. The van der Waals surface area contributed by atoms with Gasteiger partial charge >= 0.3 is 0 Å². The lowest BCUT2D eigenvalue weighted by molar-refractivity contribution is 0.0959. The third-order valence-electron chi connectivity index (χ3n) is 1.84. The number of halogens is 1. The van der Waals surface area contributed by atoms with Crippen LogP contribution in [0.4, 0.5) is 0 Å². The van der Waals surface area contributed by atoms with Gasteiger partial charge in [0.2, 0.25) is 0 Å². The number of carbonyl (C=O) groups is 1. The standard InChI is InChI=1S/C10H7IN2O/c11-9-4-2-1-3-8(9)10(14)13-6-5-12-7-13/h1-7H. The van der Waals surface area contributed by atoms with Crippen molar-refractivity contribution in [3.05, 3.63) is 52.1 Å². The van der Waals surface area contributed by atoms with Crippen LogP contribution in [0, 0.1) is 3.57 Å². The molecular formula is C10H7IN2O. The number of imidazole rings is 1. The predicted molar refractivity (Wildman–Crippen MR) is 61.1 cm³/mol. The lowest BCUT2D eigenvalue weighted by atomic mass is 10.2. The van der Waals surface area contributed by atoms with E-state index in [1.807, 2.05) is 24.3 Å². The number of nitrogens with zero attached hydrogens (tertiary/aromatic N) is 2. The van der Waals surface area contributed by atoms with Crippen molar-refractivity contribution in [1.29, 1.82) is 0 Å². The summed E-state index contributed by atoms with van der Waals surface area (Å²) in [6.45, 7) is 0. The number of aromatic nitrogens is 2. The van der Waals surface area contributed by atoms with Gasteiger partial charge < -0.3 is 0 Å². The van der Waals surface area contributed by atoms with E-state index in [4.69, 9.17) is 0 Å². The van der Waals surface area contributed by atoms with E-state index in [0.717, 1.165) is 3.57 Å². The third kappa shape index (κ3) is 1.70. The van der Waals surface area contributed by atoms with Crippen LogP contribution in [-0.4, -0.2) is 15.5 Å². The van der Waals surface area contributed by atoms with E-state index in [1.54, 1.807) is 12.4 Å². The number of benzene rings is 1. The smallest absolute Gasteiger partial charge is 0.264 e. The maximum absolute atomic E-state index is 11.8. The molecule has 0 saturated heterocycles. The van der Waals surface area contributed by atoms with Crippen LogP contribution in [0.3, 0.4) is 0 Å². The van der Waals surface area contributed by atoms with Gasteiger partial charge in [-0.1, -0.05) is 12.1 Å². The van der Waals surface area contributed by atoms with Crippen LogP contribution in [0.15, 0.2) is 43.0 Å². The Kier molecular flexibility index (Phi) is 2.62. The Hall–Kier alpha value is -1.17.